The van der Waals surface area contributed by atoms with Gasteiger partial charge >= 0.3 is 26.4 Å². The predicted octanol–water partition coefficient (Wildman–Crippen LogP) is 0.438. The number of aliphatic hydroxyl groups excluding tert-OH is 2. The lowest BCUT2D eigenvalue weighted by molar-refractivity contribution is 0.0148. The maximum atomic E-state index is 10.7. The molecule has 0 radical (unpaired) electrons. The number of hydrogen-bond donors (Lipinski definition) is 3. The third kappa shape index (κ3) is 17.8. The molecule has 0 aliphatic rings. The summed E-state index contributed by atoms with van der Waals surface area (Å²) in [6.07, 6.45) is 0.849. The van der Waals surface area contributed by atoms with E-state index < -0.39 is 38.6 Å². The summed E-state index contributed by atoms with van der Waals surface area (Å²) < 4.78 is 60.5. The maximum Gasteiger partial charge on any atom is 0.500 e. The number of aliphatic hydroxyl groups is 2. The van der Waals surface area contributed by atoms with Gasteiger partial charge in [-0.2, -0.15) is 0 Å². The molecule has 2 unspecified atom stereocenters. The van der Waals surface area contributed by atoms with E-state index in [2.05, 4.69) is 10.2 Å². The van der Waals surface area contributed by atoms with Crippen molar-refractivity contribution in [1.82, 2.24) is 10.2 Å². The van der Waals surface area contributed by atoms with Crippen LogP contribution in [-0.4, -0.2) is 177 Å². The van der Waals surface area contributed by atoms with Crippen molar-refractivity contribution in [2.75, 3.05) is 123 Å². The average molecular weight is 695 g/mol. The van der Waals surface area contributed by atoms with Crippen LogP contribution in [0.2, 0.25) is 18.1 Å². The first kappa shape index (κ1) is 44.1. The number of nitrogens with zero attached hydrogens (tertiary/aromatic N) is 1. The lowest BCUT2D eigenvalue weighted by atomic mass is 10.3. The molecule has 0 aliphatic carbocycles. The van der Waals surface area contributed by atoms with Crippen LogP contribution < -0.4 is 5.32 Å². The fraction of sp³-hybridized carbons (Fsp3) is 1.00. The summed E-state index contributed by atoms with van der Waals surface area (Å²) in [5.41, 5.74) is 0. The largest absolute Gasteiger partial charge is 0.500 e. The Labute approximate surface area is 268 Å². The van der Waals surface area contributed by atoms with Crippen molar-refractivity contribution in [3.63, 3.8) is 0 Å². The van der Waals surface area contributed by atoms with Crippen molar-refractivity contribution < 1.29 is 59.5 Å². The highest BCUT2D eigenvalue weighted by Crippen LogP contribution is 2.17. The van der Waals surface area contributed by atoms with Crippen LogP contribution in [-0.2, 0) is 49.3 Å². The van der Waals surface area contributed by atoms with Gasteiger partial charge in [-0.05, 0) is 25.8 Å². The Morgan fingerprint density at radius 3 is 1.34 bits per heavy atom. The van der Waals surface area contributed by atoms with E-state index in [1.54, 1.807) is 64.0 Å². The van der Waals surface area contributed by atoms with Gasteiger partial charge in [0.15, 0.2) is 0 Å². The fourth-order valence-corrected chi connectivity index (χ4v) is 9.70. The lowest BCUT2D eigenvalue weighted by Crippen LogP contribution is -2.44. The van der Waals surface area contributed by atoms with Crippen LogP contribution in [0.3, 0.4) is 0 Å². The first-order valence-electron chi connectivity index (χ1n) is 15.0. The SMILES string of the molecule is CO[Si](CCCOCC(O)CNCCN(CCC[Si](OC)(OC)OC)CC(O)COCCC[Si](OC)(OC)OC)(OC)OC. The van der Waals surface area contributed by atoms with Gasteiger partial charge in [0, 0.05) is 122 Å². The van der Waals surface area contributed by atoms with E-state index >= 15 is 0 Å². The Hall–Kier alpha value is 0.0506. The van der Waals surface area contributed by atoms with Crippen LogP contribution in [0.4, 0.5) is 0 Å². The summed E-state index contributed by atoms with van der Waals surface area (Å²) >= 11 is 0. The zero-order valence-electron chi connectivity index (χ0n) is 28.6. The van der Waals surface area contributed by atoms with Crippen LogP contribution in [0, 0.1) is 0 Å². The Morgan fingerprint density at radius 1 is 0.545 bits per heavy atom. The molecule has 0 rings (SSSR count). The zero-order valence-corrected chi connectivity index (χ0v) is 31.6. The summed E-state index contributed by atoms with van der Waals surface area (Å²) in [5, 5.41) is 24.3. The molecule has 0 heterocycles. The van der Waals surface area contributed by atoms with E-state index in [-0.39, 0.29) is 13.2 Å². The first-order valence-corrected chi connectivity index (χ1v) is 20.8. The van der Waals surface area contributed by atoms with E-state index in [1.807, 2.05) is 0 Å². The Kier molecular flexibility index (Phi) is 26.1. The zero-order chi connectivity index (χ0) is 33.3. The second-order valence-corrected chi connectivity index (χ2v) is 19.4. The van der Waals surface area contributed by atoms with Crippen LogP contribution in [0.1, 0.15) is 19.3 Å². The molecule has 0 saturated carbocycles. The third-order valence-electron chi connectivity index (χ3n) is 7.37. The highest BCUT2D eigenvalue weighted by atomic mass is 28.4. The summed E-state index contributed by atoms with van der Waals surface area (Å²) in [7, 11) is 6.37. The molecule has 0 fully saturated rings. The molecule has 0 aromatic heterocycles. The normalized spacial score (nSPS) is 14.5. The van der Waals surface area contributed by atoms with Crippen LogP contribution in [0.15, 0.2) is 0 Å². The molecule has 0 saturated heterocycles. The minimum absolute atomic E-state index is 0.205. The molecule has 0 amide bonds. The quantitative estimate of drug-likeness (QED) is 0.0658. The summed E-state index contributed by atoms with van der Waals surface area (Å²) in [4.78, 5) is 2.15. The summed E-state index contributed by atoms with van der Waals surface area (Å²) in [6, 6.07) is 1.91. The van der Waals surface area contributed by atoms with Crippen molar-refractivity contribution >= 4 is 26.4 Å². The van der Waals surface area contributed by atoms with Gasteiger partial charge in [-0.15, -0.1) is 0 Å². The van der Waals surface area contributed by atoms with Gasteiger partial charge in [0.25, 0.3) is 0 Å². The maximum absolute atomic E-state index is 10.7. The van der Waals surface area contributed by atoms with Crippen LogP contribution in [0.25, 0.3) is 0 Å². The Bertz CT molecular complexity index is 642. The minimum atomic E-state index is -2.69. The highest BCUT2D eigenvalue weighted by molar-refractivity contribution is 6.61. The molecule has 3 N–H and O–H groups in total. The molecule has 0 aliphatic heterocycles. The standard InChI is InChI=1S/C26H62N2O13Si3/c1-31-42(32-2,33-3)18-10-14-28(22-26(30)24-41-17-12-20-44(37-7,38-8)39-9)15-13-27-21-25(29)23-40-16-11-19-43(34-4,35-5)36-6/h25-27,29-30H,10-24H2,1-9H3. The van der Waals surface area contributed by atoms with Crippen LogP contribution >= 0.6 is 0 Å². The molecule has 44 heavy (non-hydrogen) atoms. The van der Waals surface area contributed by atoms with E-state index in [0.717, 1.165) is 6.42 Å². The molecular weight excluding hydrogens is 633 g/mol. The topological polar surface area (TPSA) is 157 Å². The average Bonchev–Trinajstić information content (AvgIpc) is 3.05. The Balaban J connectivity index is 4.63. The first-order chi connectivity index (χ1) is 21.1. The number of ether oxygens (including phenoxy) is 2. The molecule has 266 valence electrons. The number of rotatable bonds is 32. The molecule has 15 nitrogen and oxygen atoms in total. The summed E-state index contributed by atoms with van der Waals surface area (Å²) in [5.74, 6) is 0. The smallest absolute Gasteiger partial charge is 0.389 e. The number of nitrogens with one attached hydrogen (secondary N) is 1. The number of hydrogen-bond acceptors (Lipinski definition) is 15. The summed E-state index contributed by atoms with van der Waals surface area (Å²) in [6.45, 7) is 4.15. The van der Waals surface area contributed by atoms with E-state index in [0.29, 0.717) is 76.9 Å². The monoisotopic (exact) mass is 694 g/mol. The van der Waals surface area contributed by atoms with Gasteiger partial charge in [-0.1, -0.05) is 0 Å². The van der Waals surface area contributed by atoms with Gasteiger partial charge in [0.2, 0.25) is 0 Å². The predicted molar refractivity (Wildman–Crippen MR) is 172 cm³/mol. The molecule has 2 atom stereocenters. The molecule has 18 heteroatoms. The van der Waals surface area contributed by atoms with E-state index in [4.69, 9.17) is 49.3 Å². The molecule has 0 aromatic carbocycles. The van der Waals surface area contributed by atoms with Crippen molar-refractivity contribution in [3.8, 4) is 0 Å². The van der Waals surface area contributed by atoms with Crippen LogP contribution in [0.5, 0.6) is 0 Å². The van der Waals surface area contributed by atoms with Gasteiger partial charge in [-0.25, -0.2) is 0 Å². The van der Waals surface area contributed by atoms with Crippen molar-refractivity contribution in [3.05, 3.63) is 0 Å². The second kappa shape index (κ2) is 26.1. The lowest BCUT2D eigenvalue weighted by Gasteiger charge is -2.28. The van der Waals surface area contributed by atoms with Gasteiger partial charge in [0.1, 0.15) is 0 Å². The molecule has 0 bridgehead atoms. The van der Waals surface area contributed by atoms with E-state index in [1.165, 1.54) is 0 Å². The second-order valence-electron chi connectivity index (χ2n) is 10.2. The molecular formula is C26H62N2O13Si3. The molecule has 0 spiro atoms. The van der Waals surface area contributed by atoms with Crippen molar-refractivity contribution in [2.45, 2.75) is 49.6 Å². The van der Waals surface area contributed by atoms with E-state index in [9.17, 15) is 10.2 Å². The van der Waals surface area contributed by atoms with Gasteiger partial charge in [-0.3, -0.25) is 4.90 Å². The third-order valence-corrected chi connectivity index (χ3v) is 15.9. The molecule has 0 aromatic rings. The van der Waals surface area contributed by atoms with Crippen molar-refractivity contribution in [1.29, 1.82) is 0 Å². The van der Waals surface area contributed by atoms with Gasteiger partial charge < -0.3 is 64.8 Å². The highest BCUT2D eigenvalue weighted by Gasteiger charge is 2.38. The Morgan fingerprint density at radius 2 is 0.932 bits per heavy atom. The minimum Gasteiger partial charge on any atom is -0.389 e. The van der Waals surface area contributed by atoms with Gasteiger partial charge in [0.05, 0.1) is 25.4 Å². The van der Waals surface area contributed by atoms with Crippen molar-refractivity contribution in [2.24, 2.45) is 0 Å². The fourth-order valence-electron chi connectivity index (χ4n) is 4.62.